The lowest BCUT2D eigenvalue weighted by Crippen LogP contribution is -2.33. The van der Waals surface area contributed by atoms with Crippen molar-refractivity contribution in [3.05, 3.63) is 0 Å². The summed E-state index contributed by atoms with van der Waals surface area (Å²) in [6, 6.07) is 0.516. The van der Waals surface area contributed by atoms with Crippen molar-refractivity contribution in [2.45, 2.75) is 31.4 Å². The van der Waals surface area contributed by atoms with Crippen LogP contribution in [-0.2, 0) is 4.74 Å². The van der Waals surface area contributed by atoms with E-state index in [1.54, 1.807) is 7.11 Å². The third kappa shape index (κ3) is 2.19. The molecule has 2 unspecified atom stereocenters. The molecule has 1 fully saturated rings. The molecule has 0 amide bonds. The second kappa shape index (κ2) is 4.80. The first-order valence-electron chi connectivity index (χ1n) is 4.63. The molecular weight excluding hydrogens is 154 g/mol. The van der Waals surface area contributed by atoms with Crippen molar-refractivity contribution in [1.29, 1.82) is 0 Å². The molecule has 1 saturated heterocycles. The molecule has 0 aromatic rings. The largest absolute Gasteiger partial charge is 0.396 e. The van der Waals surface area contributed by atoms with Crippen LogP contribution >= 0.6 is 0 Å². The van der Waals surface area contributed by atoms with E-state index in [9.17, 15) is 0 Å². The predicted octanol–water partition coefficient (Wildman–Crippen LogP) is 0.478. The Bertz CT molecular complexity index is 130. The number of ether oxygens (including phenoxy) is 1. The monoisotopic (exact) mass is 173 g/mol. The molecule has 3 heteroatoms. The molecule has 0 radical (unpaired) electrons. The maximum absolute atomic E-state index is 8.71. The quantitative estimate of drug-likeness (QED) is 0.671. The van der Waals surface area contributed by atoms with Crippen molar-refractivity contribution in [1.82, 2.24) is 4.90 Å². The number of nitrogens with zero attached hydrogens (tertiary/aromatic N) is 1. The van der Waals surface area contributed by atoms with Gasteiger partial charge in [0.1, 0.15) is 0 Å². The molecule has 0 aliphatic carbocycles. The van der Waals surface area contributed by atoms with Crippen molar-refractivity contribution in [2.24, 2.45) is 0 Å². The summed E-state index contributed by atoms with van der Waals surface area (Å²) in [5.41, 5.74) is 0. The molecule has 2 atom stereocenters. The number of aliphatic hydroxyl groups is 1. The number of hydrogen-bond donors (Lipinski definition) is 1. The van der Waals surface area contributed by atoms with Gasteiger partial charge >= 0.3 is 0 Å². The summed E-state index contributed by atoms with van der Waals surface area (Å²) in [6.45, 7) is 1.41. The Morgan fingerprint density at radius 2 is 2.33 bits per heavy atom. The summed E-state index contributed by atoms with van der Waals surface area (Å²) < 4.78 is 5.37. The van der Waals surface area contributed by atoms with E-state index in [0.29, 0.717) is 18.8 Å². The normalized spacial score (nSPS) is 31.2. The van der Waals surface area contributed by atoms with Crippen LogP contribution in [0, 0.1) is 0 Å². The smallest absolute Gasteiger partial charge is 0.0738 e. The Morgan fingerprint density at radius 1 is 1.58 bits per heavy atom. The lowest BCUT2D eigenvalue weighted by molar-refractivity contribution is 0.0654. The Balaban J connectivity index is 2.35. The van der Waals surface area contributed by atoms with E-state index in [4.69, 9.17) is 9.84 Å². The van der Waals surface area contributed by atoms with Crippen LogP contribution in [0.4, 0.5) is 0 Å². The summed E-state index contributed by atoms with van der Waals surface area (Å²) in [5, 5.41) is 8.71. The van der Waals surface area contributed by atoms with Crippen LogP contribution in [0.5, 0.6) is 0 Å². The fraction of sp³-hybridized carbons (Fsp3) is 1.00. The van der Waals surface area contributed by atoms with Crippen molar-refractivity contribution >= 4 is 0 Å². The van der Waals surface area contributed by atoms with Gasteiger partial charge < -0.3 is 14.7 Å². The second-order valence-corrected chi connectivity index (χ2v) is 3.48. The number of likely N-dealkylation sites (tertiary alicyclic amines) is 1. The van der Waals surface area contributed by atoms with Gasteiger partial charge in [0.25, 0.3) is 0 Å². The van der Waals surface area contributed by atoms with E-state index in [1.165, 1.54) is 0 Å². The van der Waals surface area contributed by atoms with Crippen molar-refractivity contribution in [2.75, 3.05) is 27.3 Å². The molecule has 0 bridgehead atoms. The average Bonchev–Trinajstić information content (AvgIpc) is 2.43. The highest BCUT2D eigenvalue weighted by molar-refractivity contribution is 4.85. The molecule has 1 aliphatic rings. The van der Waals surface area contributed by atoms with Crippen LogP contribution in [0.2, 0.25) is 0 Å². The first-order chi connectivity index (χ1) is 5.79. The topological polar surface area (TPSA) is 32.7 Å². The molecule has 0 spiro atoms. The summed E-state index contributed by atoms with van der Waals surface area (Å²) in [5.74, 6) is 0. The summed E-state index contributed by atoms with van der Waals surface area (Å²) in [6.07, 6.45) is 3.44. The van der Waals surface area contributed by atoms with Crippen molar-refractivity contribution in [3.8, 4) is 0 Å². The van der Waals surface area contributed by atoms with Crippen molar-refractivity contribution in [3.63, 3.8) is 0 Å². The summed E-state index contributed by atoms with van der Waals surface area (Å²) in [4.78, 5) is 2.32. The molecular formula is C9H19NO2. The molecule has 72 valence electrons. The molecule has 1 rings (SSSR count). The maximum atomic E-state index is 8.71. The van der Waals surface area contributed by atoms with Crippen LogP contribution in [0.25, 0.3) is 0 Å². The van der Waals surface area contributed by atoms with Crippen molar-refractivity contribution < 1.29 is 9.84 Å². The standard InChI is InChI=1S/C9H19NO2/c1-10-6-5-9(12-2)8(10)4-3-7-11/h8-9,11H,3-7H2,1-2H3. The minimum absolute atomic E-state index is 0.292. The van der Waals surface area contributed by atoms with Gasteiger partial charge in [-0.3, -0.25) is 0 Å². The molecule has 0 aromatic heterocycles. The van der Waals surface area contributed by atoms with E-state index in [-0.39, 0.29) is 0 Å². The lowest BCUT2D eigenvalue weighted by atomic mass is 10.1. The van der Waals surface area contributed by atoms with E-state index < -0.39 is 0 Å². The third-order valence-corrected chi connectivity index (χ3v) is 2.72. The molecule has 12 heavy (non-hydrogen) atoms. The number of hydrogen-bond acceptors (Lipinski definition) is 3. The molecule has 1 heterocycles. The van der Waals surface area contributed by atoms with Gasteiger partial charge in [-0.1, -0.05) is 0 Å². The van der Waals surface area contributed by atoms with E-state index in [1.807, 2.05) is 0 Å². The zero-order chi connectivity index (χ0) is 8.97. The highest BCUT2D eigenvalue weighted by atomic mass is 16.5. The molecule has 1 N–H and O–H groups in total. The zero-order valence-corrected chi connectivity index (χ0v) is 7.99. The van der Waals surface area contributed by atoms with Crippen LogP contribution in [0.15, 0.2) is 0 Å². The summed E-state index contributed by atoms with van der Waals surface area (Å²) >= 11 is 0. The number of aliphatic hydroxyl groups excluding tert-OH is 1. The van der Waals surface area contributed by atoms with Gasteiger partial charge in [0, 0.05) is 26.3 Å². The second-order valence-electron chi connectivity index (χ2n) is 3.48. The van der Waals surface area contributed by atoms with Gasteiger partial charge in [0.2, 0.25) is 0 Å². The van der Waals surface area contributed by atoms with Gasteiger partial charge in [-0.25, -0.2) is 0 Å². The fourth-order valence-corrected chi connectivity index (χ4v) is 1.95. The van der Waals surface area contributed by atoms with E-state index in [0.717, 1.165) is 25.8 Å². The first-order valence-corrected chi connectivity index (χ1v) is 4.63. The fourth-order valence-electron chi connectivity index (χ4n) is 1.95. The highest BCUT2D eigenvalue weighted by Crippen LogP contribution is 2.22. The van der Waals surface area contributed by atoms with Gasteiger partial charge in [-0.2, -0.15) is 0 Å². The van der Waals surface area contributed by atoms with Crippen LogP contribution < -0.4 is 0 Å². The maximum Gasteiger partial charge on any atom is 0.0738 e. The molecule has 1 aliphatic heterocycles. The van der Waals surface area contributed by atoms with Gasteiger partial charge in [0.05, 0.1) is 6.10 Å². The van der Waals surface area contributed by atoms with Crippen LogP contribution in [-0.4, -0.2) is 49.5 Å². The summed E-state index contributed by atoms with van der Waals surface area (Å²) in [7, 11) is 3.90. The highest BCUT2D eigenvalue weighted by Gasteiger charge is 2.30. The average molecular weight is 173 g/mol. The van der Waals surface area contributed by atoms with Gasteiger partial charge in [-0.15, -0.1) is 0 Å². The Hall–Kier alpha value is -0.120. The Kier molecular flexibility index (Phi) is 3.98. The van der Waals surface area contributed by atoms with Gasteiger partial charge in [0.15, 0.2) is 0 Å². The van der Waals surface area contributed by atoms with E-state index in [2.05, 4.69) is 11.9 Å². The van der Waals surface area contributed by atoms with E-state index >= 15 is 0 Å². The van der Waals surface area contributed by atoms with Gasteiger partial charge in [-0.05, 0) is 26.3 Å². The molecule has 3 nitrogen and oxygen atoms in total. The number of likely N-dealkylation sites (N-methyl/N-ethyl adjacent to an activating group) is 1. The lowest BCUT2D eigenvalue weighted by Gasteiger charge is -2.23. The molecule has 0 aromatic carbocycles. The number of rotatable bonds is 4. The Morgan fingerprint density at radius 3 is 2.92 bits per heavy atom. The SMILES string of the molecule is COC1CCN(C)C1CCCO. The van der Waals surface area contributed by atoms with Crippen LogP contribution in [0.1, 0.15) is 19.3 Å². The zero-order valence-electron chi connectivity index (χ0n) is 7.99. The number of methoxy groups -OCH3 is 1. The molecule has 0 saturated carbocycles. The third-order valence-electron chi connectivity index (χ3n) is 2.72. The van der Waals surface area contributed by atoms with Crippen LogP contribution in [0.3, 0.4) is 0 Å². The Labute approximate surface area is 74.3 Å². The minimum atomic E-state index is 0.292. The first kappa shape index (κ1) is 9.96. The minimum Gasteiger partial charge on any atom is -0.396 e. The predicted molar refractivity (Wildman–Crippen MR) is 48.2 cm³/mol.